The normalized spacial score (nSPS) is 17.1. The van der Waals surface area contributed by atoms with Gasteiger partial charge in [-0.2, -0.15) is 13.2 Å². The molecule has 28 heavy (non-hydrogen) atoms. The Labute approximate surface area is 158 Å². The fourth-order valence-electron chi connectivity index (χ4n) is 3.69. The Kier molecular flexibility index (Phi) is 4.72. The molecule has 2 aromatic rings. The highest BCUT2D eigenvalue weighted by atomic mass is 19.4. The zero-order chi connectivity index (χ0) is 19.9. The van der Waals surface area contributed by atoms with E-state index >= 15 is 0 Å². The summed E-state index contributed by atoms with van der Waals surface area (Å²) in [6.45, 7) is 0.154. The van der Waals surface area contributed by atoms with Crippen LogP contribution in [0.3, 0.4) is 0 Å². The molecule has 0 radical (unpaired) electrons. The van der Waals surface area contributed by atoms with Crippen molar-refractivity contribution < 1.29 is 18.0 Å². The fraction of sp³-hybridized carbons (Fsp3) is 0.556. The zero-order valence-corrected chi connectivity index (χ0v) is 15.1. The van der Waals surface area contributed by atoms with E-state index in [2.05, 4.69) is 20.3 Å². The van der Waals surface area contributed by atoms with Crippen LogP contribution in [0.25, 0.3) is 0 Å². The molecular formula is C18H20F3N5O2. The highest BCUT2D eigenvalue weighted by Gasteiger charge is 2.40. The summed E-state index contributed by atoms with van der Waals surface area (Å²) in [6, 6.07) is 1.28. The van der Waals surface area contributed by atoms with E-state index in [1.807, 2.05) is 0 Å². The predicted molar refractivity (Wildman–Crippen MR) is 92.8 cm³/mol. The second-order valence-corrected chi connectivity index (χ2v) is 7.27. The highest BCUT2D eigenvalue weighted by Crippen LogP contribution is 2.34. The number of aromatic nitrogens is 4. The monoisotopic (exact) mass is 395 g/mol. The van der Waals surface area contributed by atoms with Crippen LogP contribution in [0.5, 0.6) is 0 Å². The predicted octanol–water partition coefficient (Wildman–Crippen LogP) is 2.52. The molecule has 3 heterocycles. The van der Waals surface area contributed by atoms with Crippen molar-refractivity contribution in [3.05, 3.63) is 45.2 Å². The summed E-state index contributed by atoms with van der Waals surface area (Å²) in [7, 11) is 0. The number of aromatic amines is 1. The number of alkyl halides is 3. The molecule has 2 aromatic heterocycles. The van der Waals surface area contributed by atoms with Gasteiger partial charge in [0.15, 0.2) is 0 Å². The number of carbonyl (C=O) groups excluding carboxylic acids is 1. The second-order valence-electron chi connectivity index (χ2n) is 7.27. The lowest BCUT2D eigenvalue weighted by Crippen LogP contribution is -2.27. The van der Waals surface area contributed by atoms with Crippen LogP contribution < -0.4 is 10.9 Å². The Bertz CT molecular complexity index is 959. The Morgan fingerprint density at radius 1 is 1.25 bits per heavy atom. The molecule has 0 atom stereocenters. The van der Waals surface area contributed by atoms with Gasteiger partial charge >= 0.3 is 6.18 Å². The molecule has 10 heteroatoms. The summed E-state index contributed by atoms with van der Waals surface area (Å²) in [5.74, 6) is -0.901. The number of nitrogens with one attached hydrogen (secondary N) is 2. The average Bonchev–Trinajstić information content (AvgIpc) is 2.98. The van der Waals surface area contributed by atoms with Crippen molar-refractivity contribution >= 4 is 5.91 Å². The Hall–Kier alpha value is -2.65. The van der Waals surface area contributed by atoms with E-state index < -0.39 is 17.9 Å². The summed E-state index contributed by atoms with van der Waals surface area (Å²) in [5, 5.41) is 2.56. The van der Waals surface area contributed by atoms with Crippen molar-refractivity contribution in [1.82, 2.24) is 24.8 Å². The van der Waals surface area contributed by atoms with Gasteiger partial charge in [0.05, 0.1) is 17.9 Å². The molecule has 7 nitrogen and oxygen atoms in total. The van der Waals surface area contributed by atoms with E-state index in [4.69, 9.17) is 0 Å². The minimum absolute atomic E-state index is 0.0455. The van der Waals surface area contributed by atoms with Crippen molar-refractivity contribution in [1.29, 1.82) is 0 Å². The summed E-state index contributed by atoms with van der Waals surface area (Å²) < 4.78 is 40.8. The van der Waals surface area contributed by atoms with Gasteiger partial charge in [0.2, 0.25) is 5.82 Å². The lowest BCUT2D eigenvalue weighted by atomic mass is 9.85. The summed E-state index contributed by atoms with van der Waals surface area (Å²) >= 11 is 0. The van der Waals surface area contributed by atoms with Crippen molar-refractivity contribution in [2.75, 3.05) is 0 Å². The topological polar surface area (TPSA) is 92.7 Å². The molecule has 1 amide bonds. The first-order valence-electron chi connectivity index (χ1n) is 9.38. The smallest absolute Gasteiger partial charge is 0.345 e. The fourth-order valence-corrected chi connectivity index (χ4v) is 3.69. The maximum Gasteiger partial charge on any atom is 0.449 e. The quantitative estimate of drug-likeness (QED) is 0.832. The highest BCUT2D eigenvalue weighted by molar-refractivity contribution is 5.93. The zero-order valence-electron chi connectivity index (χ0n) is 15.1. The molecule has 0 aromatic carbocycles. The van der Waals surface area contributed by atoms with Gasteiger partial charge in [0.25, 0.3) is 11.5 Å². The number of H-pyrrole nitrogens is 1. The van der Waals surface area contributed by atoms with Gasteiger partial charge in [0, 0.05) is 18.5 Å². The van der Waals surface area contributed by atoms with E-state index in [-0.39, 0.29) is 30.3 Å². The molecule has 0 unspecified atom stereocenters. The number of rotatable bonds is 4. The van der Waals surface area contributed by atoms with Crippen LogP contribution in [0, 0.1) is 0 Å². The van der Waals surface area contributed by atoms with Crippen LogP contribution in [0.15, 0.2) is 10.9 Å². The van der Waals surface area contributed by atoms with Crippen LogP contribution in [-0.2, 0) is 25.7 Å². The van der Waals surface area contributed by atoms with Crippen LogP contribution in [0.2, 0.25) is 0 Å². The number of halogens is 3. The van der Waals surface area contributed by atoms with Gasteiger partial charge in [-0.05, 0) is 32.1 Å². The van der Waals surface area contributed by atoms with Gasteiger partial charge in [-0.15, -0.1) is 0 Å². The lowest BCUT2D eigenvalue weighted by Gasteiger charge is -2.24. The van der Waals surface area contributed by atoms with Crippen LogP contribution in [0.4, 0.5) is 13.2 Å². The third-order valence-electron chi connectivity index (χ3n) is 5.32. The van der Waals surface area contributed by atoms with Crippen molar-refractivity contribution in [3.8, 4) is 0 Å². The first-order valence-corrected chi connectivity index (χ1v) is 9.38. The van der Waals surface area contributed by atoms with Crippen molar-refractivity contribution in [3.63, 3.8) is 0 Å². The van der Waals surface area contributed by atoms with Gasteiger partial charge in [-0.1, -0.05) is 6.42 Å². The lowest BCUT2D eigenvalue weighted by molar-refractivity contribution is -0.147. The maximum atomic E-state index is 13.2. The molecule has 0 bridgehead atoms. The van der Waals surface area contributed by atoms with E-state index in [1.54, 1.807) is 0 Å². The maximum absolute atomic E-state index is 13.2. The molecule has 1 aliphatic heterocycles. The minimum atomic E-state index is -4.61. The average molecular weight is 395 g/mol. The first-order chi connectivity index (χ1) is 13.3. The number of carbonyl (C=O) groups is 1. The number of nitrogens with zero attached hydrogens (tertiary/aromatic N) is 3. The summed E-state index contributed by atoms with van der Waals surface area (Å²) in [5.41, 5.74) is 0.184. The minimum Gasteiger partial charge on any atom is -0.345 e. The third-order valence-corrected chi connectivity index (χ3v) is 5.32. The molecule has 2 N–H and O–H groups in total. The van der Waals surface area contributed by atoms with Crippen molar-refractivity contribution in [2.45, 2.75) is 63.7 Å². The number of amides is 1. The van der Waals surface area contributed by atoms with E-state index in [0.29, 0.717) is 36.5 Å². The number of hydrogen-bond acceptors (Lipinski definition) is 4. The van der Waals surface area contributed by atoms with Crippen LogP contribution >= 0.6 is 0 Å². The summed E-state index contributed by atoms with van der Waals surface area (Å²) in [6.07, 6.45) is 0.0944. The molecule has 0 saturated heterocycles. The molecule has 2 aliphatic rings. The third kappa shape index (κ3) is 3.55. The summed E-state index contributed by atoms with van der Waals surface area (Å²) in [4.78, 5) is 35.0. The van der Waals surface area contributed by atoms with Crippen LogP contribution in [0.1, 0.15) is 71.5 Å². The largest absolute Gasteiger partial charge is 0.449 e. The molecular weight excluding hydrogens is 375 g/mol. The molecule has 1 saturated carbocycles. The molecule has 0 spiro atoms. The van der Waals surface area contributed by atoms with Gasteiger partial charge in [-0.3, -0.25) is 9.59 Å². The van der Waals surface area contributed by atoms with Crippen LogP contribution in [-0.4, -0.2) is 25.4 Å². The Morgan fingerprint density at radius 3 is 2.71 bits per heavy atom. The number of imidazole rings is 1. The molecule has 4 rings (SSSR count). The van der Waals surface area contributed by atoms with E-state index in [1.165, 1.54) is 6.07 Å². The van der Waals surface area contributed by atoms with E-state index in [0.717, 1.165) is 23.8 Å². The van der Waals surface area contributed by atoms with E-state index in [9.17, 15) is 22.8 Å². The second kappa shape index (κ2) is 7.06. The molecule has 150 valence electrons. The molecule has 1 fully saturated rings. The van der Waals surface area contributed by atoms with Gasteiger partial charge in [-0.25, -0.2) is 9.97 Å². The first kappa shape index (κ1) is 18.7. The van der Waals surface area contributed by atoms with Gasteiger partial charge in [0.1, 0.15) is 11.5 Å². The van der Waals surface area contributed by atoms with Crippen molar-refractivity contribution in [2.24, 2.45) is 0 Å². The number of hydrogen-bond donors (Lipinski definition) is 2. The Balaban J connectivity index is 1.54. The Morgan fingerprint density at radius 2 is 2.04 bits per heavy atom. The van der Waals surface area contributed by atoms with Gasteiger partial charge < -0.3 is 14.9 Å². The SMILES string of the molecule is O=C(NCc1cc(=O)[nH]c(C2CCC2)n1)c1nc(C(F)(F)F)n2c1CCCC2. The molecule has 1 aliphatic carbocycles. The number of fused-ring (bicyclic) bond motifs is 1. The standard InChI is InChI=1S/C18H20F3N5O2/c19-18(20,21)17-25-14(12-6-1-2-7-26(12)17)16(28)22-9-11-8-13(27)24-15(23-11)10-4-3-5-10/h8,10H,1-7,9H2,(H,22,28)(H,23,24,27).